The molecule has 0 aliphatic heterocycles. The SMILES string of the molecule is COC(=O)Nn1c(-c2ccccc2)nc(C(=O)OC)c1C. The van der Waals surface area contributed by atoms with Gasteiger partial charge in [-0.05, 0) is 6.92 Å². The number of aromatic nitrogens is 2. The normalized spacial score (nSPS) is 10.0. The van der Waals surface area contributed by atoms with E-state index in [0.717, 1.165) is 5.56 Å². The molecule has 1 heterocycles. The number of carbonyl (C=O) groups is 2. The van der Waals surface area contributed by atoms with Crippen LogP contribution in [0.1, 0.15) is 16.2 Å². The molecule has 110 valence electrons. The molecule has 0 aliphatic carbocycles. The van der Waals surface area contributed by atoms with Gasteiger partial charge in [0.1, 0.15) is 0 Å². The number of nitrogens with zero attached hydrogens (tertiary/aromatic N) is 2. The summed E-state index contributed by atoms with van der Waals surface area (Å²) in [6.45, 7) is 1.65. The highest BCUT2D eigenvalue weighted by Crippen LogP contribution is 2.21. The van der Waals surface area contributed by atoms with Gasteiger partial charge in [0.05, 0.1) is 19.9 Å². The number of methoxy groups -OCH3 is 2. The van der Waals surface area contributed by atoms with Crippen molar-refractivity contribution < 1.29 is 19.1 Å². The van der Waals surface area contributed by atoms with Crippen LogP contribution < -0.4 is 5.43 Å². The second-order valence-electron chi connectivity index (χ2n) is 4.17. The van der Waals surface area contributed by atoms with Crippen LogP contribution in [-0.2, 0) is 9.47 Å². The number of benzene rings is 1. The lowest BCUT2D eigenvalue weighted by Crippen LogP contribution is -2.24. The van der Waals surface area contributed by atoms with E-state index in [0.29, 0.717) is 11.5 Å². The Morgan fingerprint density at radius 3 is 2.38 bits per heavy atom. The summed E-state index contributed by atoms with van der Waals surface area (Å²) in [7, 11) is 2.53. The Bertz CT molecular complexity index is 664. The van der Waals surface area contributed by atoms with Gasteiger partial charge in [0, 0.05) is 5.56 Å². The molecule has 0 bridgehead atoms. The van der Waals surface area contributed by atoms with E-state index in [1.807, 2.05) is 30.3 Å². The molecule has 0 saturated carbocycles. The number of esters is 1. The van der Waals surface area contributed by atoms with Crippen molar-refractivity contribution in [1.82, 2.24) is 9.66 Å². The maximum absolute atomic E-state index is 11.7. The quantitative estimate of drug-likeness (QED) is 0.873. The Hall–Kier alpha value is -2.83. The van der Waals surface area contributed by atoms with Crippen LogP contribution in [0, 0.1) is 6.92 Å². The Kier molecular flexibility index (Phi) is 4.22. The summed E-state index contributed by atoms with van der Waals surface area (Å²) < 4.78 is 10.7. The van der Waals surface area contributed by atoms with E-state index in [4.69, 9.17) is 4.74 Å². The molecule has 0 aliphatic rings. The smallest absolute Gasteiger partial charge is 0.426 e. The van der Waals surface area contributed by atoms with E-state index in [-0.39, 0.29) is 5.69 Å². The second kappa shape index (κ2) is 6.08. The van der Waals surface area contributed by atoms with Gasteiger partial charge in [-0.3, -0.25) is 0 Å². The van der Waals surface area contributed by atoms with Gasteiger partial charge in [-0.25, -0.2) is 24.7 Å². The molecule has 1 N–H and O–H groups in total. The highest BCUT2D eigenvalue weighted by atomic mass is 16.5. The summed E-state index contributed by atoms with van der Waals surface area (Å²) in [4.78, 5) is 27.5. The van der Waals surface area contributed by atoms with Crippen molar-refractivity contribution in [3.05, 3.63) is 41.7 Å². The first kappa shape index (κ1) is 14.6. The fraction of sp³-hybridized carbons (Fsp3) is 0.214. The molecule has 7 nitrogen and oxygen atoms in total. The highest BCUT2D eigenvalue weighted by molar-refractivity contribution is 5.90. The zero-order valence-corrected chi connectivity index (χ0v) is 11.9. The minimum Gasteiger partial charge on any atom is -0.464 e. The third-order valence-corrected chi connectivity index (χ3v) is 2.91. The fourth-order valence-corrected chi connectivity index (χ4v) is 1.85. The Labute approximate surface area is 121 Å². The number of imidazole rings is 1. The molecule has 0 saturated heterocycles. The van der Waals surface area contributed by atoms with Gasteiger partial charge in [0.15, 0.2) is 11.5 Å². The summed E-state index contributed by atoms with van der Waals surface area (Å²) in [5.74, 6) is -0.158. The number of carbonyl (C=O) groups excluding carboxylic acids is 2. The van der Waals surface area contributed by atoms with Crippen LogP contribution in [0.2, 0.25) is 0 Å². The predicted octanol–water partition coefficient (Wildman–Crippen LogP) is 1.96. The zero-order valence-electron chi connectivity index (χ0n) is 11.9. The number of ether oxygens (including phenoxy) is 2. The first-order valence-electron chi connectivity index (χ1n) is 6.16. The lowest BCUT2D eigenvalue weighted by molar-refractivity contribution is 0.0593. The molecule has 1 amide bonds. The van der Waals surface area contributed by atoms with Crippen LogP contribution in [-0.4, -0.2) is 35.9 Å². The summed E-state index contributed by atoms with van der Waals surface area (Å²) in [5.41, 5.74) is 3.84. The van der Waals surface area contributed by atoms with E-state index < -0.39 is 12.1 Å². The van der Waals surface area contributed by atoms with E-state index in [1.165, 1.54) is 18.9 Å². The third-order valence-electron chi connectivity index (χ3n) is 2.91. The van der Waals surface area contributed by atoms with Crippen LogP contribution in [0.25, 0.3) is 11.4 Å². The fourth-order valence-electron chi connectivity index (χ4n) is 1.85. The summed E-state index contributed by atoms with van der Waals surface area (Å²) in [6.07, 6.45) is -0.663. The number of rotatable bonds is 3. The molecule has 2 aromatic rings. The topological polar surface area (TPSA) is 82.5 Å². The van der Waals surface area contributed by atoms with Crippen LogP contribution in [0.5, 0.6) is 0 Å². The molecule has 1 aromatic heterocycles. The molecule has 0 radical (unpaired) electrons. The van der Waals surface area contributed by atoms with Gasteiger partial charge in [0.25, 0.3) is 0 Å². The van der Waals surface area contributed by atoms with Crippen molar-refractivity contribution in [2.45, 2.75) is 6.92 Å². The molecule has 7 heteroatoms. The third kappa shape index (κ3) is 2.86. The van der Waals surface area contributed by atoms with Gasteiger partial charge in [-0.15, -0.1) is 0 Å². The molecular weight excluding hydrogens is 274 g/mol. The highest BCUT2D eigenvalue weighted by Gasteiger charge is 2.22. The summed E-state index contributed by atoms with van der Waals surface area (Å²) in [5, 5.41) is 0. The Morgan fingerprint density at radius 2 is 1.81 bits per heavy atom. The van der Waals surface area contributed by atoms with Crippen LogP contribution in [0.3, 0.4) is 0 Å². The van der Waals surface area contributed by atoms with Gasteiger partial charge < -0.3 is 9.47 Å². The first-order chi connectivity index (χ1) is 10.1. The number of hydrogen-bond acceptors (Lipinski definition) is 5. The van der Waals surface area contributed by atoms with Crippen molar-refractivity contribution >= 4 is 12.1 Å². The molecular formula is C14H15N3O4. The van der Waals surface area contributed by atoms with Crippen LogP contribution in [0.15, 0.2) is 30.3 Å². The molecule has 0 spiro atoms. The van der Waals surface area contributed by atoms with Gasteiger partial charge in [-0.2, -0.15) is 0 Å². The molecule has 21 heavy (non-hydrogen) atoms. The van der Waals surface area contributed by atoms with Crippen molar-refractivity contribution in [2.24, 2.45) is 0 Å². The molecule has 0 unspecified atom stereocenters. The lowest BCUT2D eigenvalue weighted by Gasteiger charge is -2.10. The van der Waals surface area contributed by atoms with Gasteiger partial charge >= 0.3 is 12.1 Å². The van der Waals surface area contributed by atoms with Crippen molar-refractivity contribution in [2.75, 3.05) is 19.6 Å². The number of amides is 1. The minimum absolute atomic E-state index is 0.132. The first-order valence-corrected chi connectivity index (χ1v) is 6.16. The monoisotopic (exact) mass is 289 g/mol. The van der Waals surface area contributed by atoms with Crippen LogP contribution >= 0.6 is 0 Å². The largest absolute Gasteiger partial charge is 0.464 e. The summed E-state index contributed by atoms with van der Waals surface area (Å²) >= 11 is 0. The van der Waals surface area contributed by atoms with E-state index >= 15 is 0 Å². The van der Waals surface area contributed by atoms with E-state index in [9.17, 15) is 9.59 Å². The van der Waals surface area contributed by atoms with Gasteiger partial charge in [-0.1, -0.05) is 30.3 Å². The van der Waals surface area contributed by atoms with Crippen LogP contribution in [0.4, 0.5) is 4.79 Å². The molecule has 1 aromatic carbocycles. The standard InChI is InChI=1S/C14H15N3O4/c1-9-11(13(18)20-2)15-12(10-7-5-4-6-8-10)17(9)16-14(19)21-3/h4-8H,1-3H3,(H,16,19). The average Bonchev–Trinajstić information content (AvgIpc) is 2.84. The maximum Gasteiger partial charge on any atom is 0.426 e. The maximum atomic E-state index is 11.7. The molecule has 0 atom stereocenters. The Morgan fingerprint density at radius 1 is 1.14 bits per heavy atom. The van der Waals surface area contributed by atoms with Gasteiger partial charge in [0.2, 0.25) is 0 Å². The van der Waals surface area contributed by atoms with Crippen molar-refractivity contribution in [1.29, 1.82) is 0 Å². The van der Waals surface area contributed by atoms with E-state index in [2.05, 4.69) is 15.1 Å². The van der Waals surface area contributed by atoms with Crippen molar-refractivity contribution in [3.63, 3.8) is 0 Å². The number of hydrogen-bond donors (Lipinski definition) is 1. The Balaban J connectivity index is 2.56. The second-order valence-corrected chi connectivity index (χ2v) is 4.17. The summed E-state index contributed by atoms with van der Waals surface area (Å²) in [6, 6.07) is 9.16. The average molecular weight is 289 g/mol. The van der Waals surface area contributed by atoms with Crippen molar-refractivity contribution in [3.8, 4) is 11.4 Å². The molecule has 2 rings (SSSR count). The number of nitrogens with one attached hydrogen (secondary N) is 1. The van der Waals surface area contributed by atoms with E-state index in [1.54, 1.807) is 6.92 Å². The minimum atomic E-state index is -0.663. The zero-order chi connectivity index (χ0) is 15.4. The lowest BCUT2D eigenvalue weighted by atomic mass is 10.2. The predicted molar refractivity (Wildman–Crippen MR) is 75.5 cm³/mol. The molecule has 0 fully saturated rings.